The van der Waals surface area contributed by atoms with E-state index in [1.54, 1.807) is 4.57 Å². The number of aromatic nitrogens is 1. The van der Waals surface area contributed by atoms with Crippen molar-refractivity contribution in [1.82, 2.24) is 4.57 Å². The van der Waals surface area contributed by atoms with Gasteiger partial charge < -0.3 is 5.32 Å². The molecular formula is C19H20N2O2S2. The zero-order valence-corrected chi connectivity index (χ0v) is 16.0. The molecule has 0 fully saturated rings. The molecule has 2 aromatic carbocycles. The lowest BCUT2D eigenvalue weighted by Crippen LogP contribution is -2.22. The summed E-state index contributed by atoms with van der Waals surface area (Å²) in [6.45, 7) is 5.87. The zero-order chi connectivity index (χ0) is 18.0. The van der Waals surface area contributed by atoms with Crippen LogP contribution in [0.15, 0.2) is 58.2 Å². The quantitative estimate of drug-likeness (QED) is 0.657. The molecule has 0 saturated carbocycles. The van der Waals surface area contributed by atoms with Crippen LogP contribution in [0.25, 0.3) is 10.2 Å². The van der Waals surface area contributed by atoms with Crippen LogP contribution in [0.3, 0.4) is 0 Å². The summed E-state index contributed by atoms with van der Waals surface area (Å²) < 4.78 is 2.67. The van der Waals surface area contributed by atoms with Gasteiger partial charge in [-0.25, -0.2) is 0 Å². The molecule has 0 radical (unpaired) electrons. The van der Waals surface area contributed by atoms with Crippen LogP contribution in [0.4, 0.5) is 5.69 Å². The highest BCUT2D eigenvalue weighted by molar-refractivity contribution is 8.00. The van der Waals surface area contributed by atoms with Gasteiger partial charge in [-0.2, -0.15) is 0 Å². The third-order valence-electron chi connectivity index (χ3n) is 3.82. The van der Waals surface area contributed by atoms with E-state index in [-0.39, 0.29) is 22.1 Å². The van der Waals surface area contributed by atoms with Crippen molar-refractivity contribution >= 4 is 44.9 Å². The zero-order valence-electron chi connectivity index (χ0n) is 14.4. The second-order valence-corrected chi connectivity index (χ2v) is 8.48. The molecule has 130 valence electrons. The van der Waals surface area contributed by atoms with Crippen molar-refractivity contribution in [2.75, 3.05) is 5.32 Å². The van der Waals surface area contributed by atoms with Gasteiger partial charge in [-0.15, -0.1) is 11.8 Å². The average Bonchev–Trinajstić information content (AvgIpc) is 2.90. The molecule has 1 atom stereocenters. The van der Waals surface area contributed by atoms with E-state index in [4.69, 9.17) is 0 Å². The van der Waals surface area contributed by atoms with Crippen molar-refractivity contribution in [3.05, 3.63) is 58.2 Å². The number of nitrogens with one attached hydrogen (secondary N) is 1. The van der Waals surface area contributed by atoms with Gasteiger partial charge in [0.05, 0.1) is 15.5 Å². The Bertz CT molecular complexity index is 945. The monoisotopic (exact) mass is 372 g/mol. The third-order valence-corrected chi connectivity index (χ3v) is 5.85. The molecule has 4 nitrogen and oxygen atoms in total. The van der Waals surface area contributed by atoms with Crippen LogP contribution in [0.2, 0.25) is 0 Å². The highest BCUT2D eigenvalue weighted by atomic mass is 32.2. The molecule has 1 amide bonds. The van der Waals surface area contributed by atoms with E-state index in [2.05, 4.69) is 5.32 Å². The third kappa shape index (κ3) is 3.96. The van der Waals surface area contributed by atoms with Crippen molar-refractivity contribution in [2.24, 2.45) is 0 Å². The van der Waals surface area contributed by atoms with Crippen LogP contribution < -0.4 is 10.2 Å². The standard InChI is InChI=1S/C19H20N2O2S2/c1-12(2)21-16-10-9-14(11-17(16)25-19(21)23)20-18(22)13(3)24-15-7-5-4-6-8-15/h4-13H,1-3H3,(H,20,22). The van der Waals surface area contributed by atoms with Crippen LogP contribution in [-0.4, -0.2) is 15.7 Å². The first-order valence-electron chi connectivity index (χ1n) is 8.13. The molecule has 0 saturated heterocycles. The minimum Gasteiger partial charge on any atom is -0.325 e. The number of thiazole rings is 1. The van der Waals surface area contributed by atoms with Gasteiger partial charge in [0.2, 0.25) is 5.91 Å². The van der Waals surface area contributed by atoms with Gasteiger partial charge in [0.1, 0.15) is 0 Å². The molecule has 1 heterocycles. The van der Waals surface area contributed by atoms with Crippen molar-refractivity contribution in [3.63, 3.8) is 0 Å². The molecule has 0 bridgehead atoms. The topological polar surface area (TPSA) is 51.1 Å². The Morgan fingerprint density at radius 1 is 1.12 bits per heavy atom. The Labute approximate surface area is 154 Å². The maximum atomic E-state index is 12.4. The predicted molar refractivity (Wildman–Crippen MR) is 107 cm³/mol. The Morgan fingerprint density at radius 3 is 2.52 bits per heavy atom. The van der Waals surface area contributed by atoms with E-state index >= 15 is 0 Å². The van der Waals surface area contributed by atoms with Crippen LogP contribution >= 0.6 is 23.1 Å². The lowest BCUT2D eigenvalue weighted by Gasteiger charge is -2.12. The number of amides is 1. The summed E-state index contributed by atoms with van der Waals surface area (Å²) in [5.41, 5.74) is 1.63. The molecule has 6 heteroatoms. The molecule has 3 rings (SSSR count). The summed E-state index contributed by atoms with van der Waals surface area (Å²) in [6.07, 6.45) is 0. The average molecular weight is 373 g/mol. The van der Waals surface area contributed by atoms with Gasteiger partial charge in [0.25, 0.3) is 0 Å². The first kappa shape index (κ1) is 17.8. The van der Waals surface area contributed by atoms with E-state index in [1.165, 1.54) is 23.1 Å². The number of nitrogens with zero attached hydrogens (tertiary/aromatic N) is 1. The van der Waals surface area contributed by atoms with Gasteiger partial charge in [-0.1, -0.05) is 29.5 Å². The van der Waals surface area contributed by atoms with Crippen LogP contribution in [0.1, 0.15) is 26.8 Å². The number of anilines is 1. The number of hydrogen-bond donors (Lipinski definition) is 1. The highest BCUT2D eigenvalue weighted by Gasteiger charge is 2.16. The Hall–Kier alpha value is -2.05. The molecule has 0 aliphatic heterocycles. The Balaban J connectivity index is 1.76. The van der Waals surface area contributed by atoms with Crippen molar-refractivity contribution in [2.45, 2.75) is 37.0 Å². The van der Waals surface area contributed by atoms with E-state index in [0.717, 1.165) is 20.8 Å². The van der Waals surface area contributed by atoms with Crippen LogP contribution in [-0.2, 0) is 4.79 Å². The molecule has 0 spiro atoms. The lowest BCUT2D eigenvalue weighted by atomic mass is 10.2. The van der Waals surface area contributed by atoms with Gasteiger partial charge in [-0.05, 0) is 51.1 Å². The number of benzene rings is 2. The van der Waals surface area contributed by atoms with Crippen molar-refractivity contribution in [3.8, 4) is 0 Å². The summed E-state index contributed by atoms with van der Waals surface area (Å²) in [5, 5.41) is 2.74. The number of carbonyl (C=O) groups is 1. The van der Waals surface area contributed by atoms with Gasteiger partial charge >= 0.3 is 4.87 Å². The summed E-state index contributed by atoms with van der Waals surface area (Å²) in [4.78, 5) is 25.6. The van der Waals surface area contributed by atoms with E-state index in [1.807, 2.05) is 69.3 Å². The van der Waals surface area contributed by atoms with Crippen molar-refractivity contribution < 1.29 is 4.79 Å². The largest absolute Gasteiger partial charge is 0.325 e. The fourth-order valence-corrected chi connectivity index (χ4v) is 4.54. The van der Waals surface area contributed by atoms with Gasteiger partial charge in [-0.3, -0.25) is 14.2 Å². The second kappa shape index (κ2) is 7.45. The SMILES string of the molecule is CC(Sc1ccccc1)C(=O)Nc1ccc2c(c1)sc(=O)n2C(C)C. The molecule has 0 aliphatic carbocycles. The minimum absolute atomic E-state index is 0.0291. The first-order chi connectivity index (χ1) is 12.0. The summed E-state index contributed by atoms with van der Waals surface area (Å²) in [6, 6.07) is 15.6. The van der Waals surface area contributed by atoms with Crippen LogP contribution in [0.5, 0.6) is 0 Å². The normalized spacial score (nSPS) is 12.5. The fourth-order valence-electron chi connectivity index (χ4n) is 2.60. The first-order valence-corrected chi connectivity index (χ1v) is 9.83. The Kier molecular flexibility index (Phi) is 5.30. The van der Waals surface area contributed by atoms with E-state index < -0.39 is 0 Å². The molecule has 3 aromatic rings. The molecule has 25 heavy (non-hydrogen) atoms. The molecule has 1 N–H and O–H groups in total. The van der Waals surface area contributed by atoms with Gasteiger partial charge in [0.15, 0.2) is 0 Å². The molecule has 1 aromatic heterocycles. The fraction of sp³-hybridized carbons (Fsp3) is 0.263. The molecule has 0 aliphatic rings. The number of hydrogen-bond acceptors (Lipinski definition) is 4. The summed E-state index contributed by atoms with van der Waals surface area (Å²) >= 11 is 2.73. The molecule has 1 unspecified atom stereocenters. The minimum atomic E-state index is -0.211. The highest BCUT2D eigenvalue weighted by Crippen LogP contribution is 2.26. The van der Waals surface area contributed by atoms with Crippen molar-refractivity contribution in [1.29, 1.82) is 0 Å². The number of carbonyl (C=O) groups excluding carboxylic acids is 1. The number of fused-ring (bicyclic) bond motifs is 1. The Morgan fingerprint density at radius 2 is 1.84 bits per heavy atom. The smallest absolute Gasteiger partial charge is 0.308 e. The number of rotatable bonds is 5. The summed E-state index contributed by atoms with van der Waals surface area (Å²) in [7, 11) is 0. The lowest BCUT2D eigenvalue weighted by molar-refractivity contribution is -0.115. The maximum absolute atomic E-state index is 12.4. The van der Waals surface area contributed by atoms with Crippen LogP contribution in [0, 0.1) is 0 Å². The number of thioether (sulfide) groups is 1. The maximum Gasteiger partial charge on any atom is 0.308 e. The predicted octanol–water partition coefficient (Wildman–Crippen LogP) is 4.76. The second-order valence-electron chi connectivity index (χ2n) is 6.08. The summed E-state index contributed by atoms with van der Waals surface area (Å²) in [5.74, 6) is -0.0520. The van der Waals surface area contributed by atoms with E-state index in [0.29, 0.717) is 0 Å². The van der Waals surface area contributed by atoms with Gasteiger partial charge in [0, 0.05) is 16.6 Å². The molecular weight excluding hydrogens is 352 g/mol. The van der Waals surface area contributed by atoms with E-state index in [9.17, 15) is 9.59 Å².